The van der Waals surface area contributed by atoms with Gasteiger partial charge in [0.15, 0.2) is 0 Å². The van der Waals surface area contributed by atoms with Crippen molar-refractivity contribution in [3.63, 3.8) is 0 Å². The summed E-state index contributed by atoms with van der Waals surface area (Å²) in [7, 11) is 0. The van der Waals surface area contributed by atoms with Gasteiger partial charge in [-0.15, -0.1) is 24.8 Å². The number of phenolic OH excluding ortho intramolecular Hbond substituents is 2. The van der Waals surface area contributed by atoms with Crippen LogP contribution in [-0.2, 0) is 20.0 Å². The molecule has 0 bridgehead atoms. The van der Waals surface area contributed by atoms with Gasteiger partial charge >= 0.3 is 52.9 Å². The number of benzene rings is 2. The van der Waals surface area contributed by atoms with E-state index >= 15 is 0 Å². The van der Waals surface area contributed by atoms with Gasteiger partial charge in [-0.3, -0.25) is 0 Å². The van der Waals surface area contributed by atoms with E-state index in [1.807, 2.05) is 88.4 Å². The van der Waals surface area contributed by atoms with E-state index in [9.17, 15) is 0 Å². The Morgan fingerprint density at radius 3 is 1.44 bits per heavy atom. The summed E-state index contributed by atoms with van der Waals surface area (Å²) >= 11 is 1.94. The van der Waals surface area contributed by atoms with E-state index in [4.69, 9.17) is 14.6 Å². The van der Waals surface area contributed by atoms with Gasteiger partial charge in [0, 0.05) is 0 Å². The van der Waals surface area contributed by atoms with E-state index in [1.54, 1.807) is 18.4 Å². The summed E-state index contributed by atoms with van der Waals surface area (Å²) in [6, 6.07) is 14.9. The molecule has 0 amide bonds. The molecule has 0 aliphatic rings. The van der Waals surface area contributed by atoms with Crippen molar-refractivity contribution in [3.05, 3.63) is 82.8 Å². The summed E-state index contributed by atoms with van der Waals surface area (Å²) < 4.78 is 6.84. The molecule has 0 atom stereocenters. The first-order chi connectivity index (χ1) is 11.8. The molecular formula is C21H26Cl2O3Ti. The topological polar surface area (TPSA) is 53.6 Å². The van der Waals surface area contributed by atoms with E-state index in [-0.39, 0.29) is 24.8 Å². The summed E-state index contributed by atoms with van der Waals surface area (Å²) in [6.07, 6.45) is 1.66. The SMILES string of the molecule is Cc1ccc(O)c(C)c1.Cc1ccc(O)c(C)c1.Cl.Cl.[Ti]=[CH]c1ccco1. The third kappa shape index (κ3) is 11.0. The van der Waals surface area contributed by atoms with Crippen LogP contribution in [0.4, 0.5) is 0 Å². The van der Waals surface area contributed by atoms with Crippen molar-refractivity contribution in [2.24, 2.45) is 0 Å². The Labute approximate surface area is 185 Å². The number of hydrogen-bond donors (Lipinski definition) is 2. The molecule has 3 aromatic rings. The Morgan fingerprint density at radius 2 is 1.22 bits per heavy atom. The Morgan fingerprint density at radius 1 is 0.778 bits per heavy atom. The predicted molar refractivity (Wildman–Crippen MR) is 114 cm³/mol. The van der Waals surface area contributed by atoms with Gasteiger partial charge in [-0.25, -0.2) is 0 Å². The van der Waals surface area contributed by atoms with Crippen molar-refractivity contribution in [3.8, 4) is 11.5 Å². The fourth-order valence-corrected chi connectivity index (χ4v) is 2.24. The normalized spacial score (nSPS) is 8.56. The van der Waals surface area contributed by atoms with Crippen molar-refractivity contribution < 1.29 is 34.6 Å². The van der Waals surface area contributed by atoms with Crippen LogP contribution in [0.25, 0.3) is 0 Å². The van der Waals surface area contributed by atoms with Gasteiger partial charge in [-0.1, -0.05) is 35.4 Å². The molecule has 3 nitrogen and oxygen atoms in total. The van der Waals surface area contributed by atoms with E-state index in [0.717, 1.165) is 16.9 Å². The second kappa shape index (κ2) is 14.5. The summed E-state index contributed by atoms with van der Waals surface area (Å²) in [5, 5.41) is 18.1. The van der Waals surface area contributed by atoms with Gasteiger partial charge in [0.25, 0.3) is 0 Å². The molecule has 0 aliphatic carbocycles. The Bertz CT molecular complexity index is 754. The van der Waals surface area contributed by atoms with Crippen LogP contribution in [0.3, 0.4) is 0 Å². The monoisotopic (exact) mass is 444 g/mol. The number of phenols is 2. The van der Waals surface area contributed by atoms with Gasteiger partial charge in [0.1, 0.15) is 11.5 Å². The molecule has 0 fully saturated rings. The maximum absolute atomic E-state index is 9.04. The van der Waals surface area contributed by atoms with Gasteiger partial charge < -0.3 is 10.2 Å². The van der Waals surface area contributed by atoms with Crippen LogP contribution in [0, 0.1) is 27.7 Å². The molecule has 0 saturated carbocycles. The molecule has 0 unspecified atom stereocenters. The van der Waals surface area contributed by atoms with Crippen molar-refractivity contribution in [1.82, 2.24) is 0 Å². The van der Waals surface area contributed by atoms with Crippen molar-refractivity contribution in [2.75, 3.05) is 0 Å². The van der Waals surface area contributed by atoms with Crippen molar-refractivity contribution in [1.29, 1.82) is 0 Å². The van der Waals surface area contributed by atoms with Crippen LogP contribution in [-0.4, -0.2) is 14.5 Å². The predicted octanol–water partition coefficient (Wildman–Crippen LogP) is 5.84. The molecule has 1 heterocycles. The van der Waals surface area contributed by atoms with Gasteiger partial charge in [-0.2, -0.15) is 0 Å². The summed E-state index contributed by atoms with van der Waals surface area (Å²) in [5.74, 6) is 1.68. The number of furan rings is 1. The summed E-state index contributed by atoms with van der Waals surface area (Å²) in [4.78, 5) is 0. The standard InChI is InChI=1S/2C8H10O.C5H4O.2ClH.Ti/c2*1-6-3-4-8(9)7(2)5-6;1-5-3-2-4-6-5;;;/h2*3-5,9H,1-2H3;1-4H;2*1H;. The number of aromatic hydroxyl groups is 2. The zero-order valence-electron chi connectivity index (χ0n) is 15.9. The third-order valence-corrected chi connectivity index (χ3v) is 3.83. The second-order valence-corrected chi connectivity index (χ2v) is 6.19. The minimum absolute atomic E-state index is 0. The average molecular weight is 445 g/mol. The Balaban J connectivity index is 0. The number of halogens is 2. The number of aryl methyl sites for hydroxylation is 4. The molecule has 1 aromatic heterocycles. The van der Waals surface area contributed by atoms with Crippen LogP contribution >= 0.6 is 24.8 Å². The van der Waals surface area contributed by atoms with Crippen LogP contribution in [0.15, 0.2) is 59.2 Å². The zero-order valence-corrected chi connectivity index (χ0v) is 19.1. The van der Waals surface area contributed by atoms with Crippen molar-refractivity contribution in [2.45, 2.75) is 27.7 Å². The molecule has 6 heteroatoms. The molecular weight excluding hydrogens is 419 g/mol. The second-order valence-electron chi connectivity index (χ2n) is 5.74. The first-order valence-electron chi connectivity index (χ1n) is 7.90. The van der Waals surface area contributed by atoms with E-state index in [1.165, 1.54) is 11.1 Å². The average Bonchev–Trinajstić information content (AvgIpc) is 3.10. The molecule has 0 aliphatic heterocycles. The van der Waals surface area contributed by atoms with E-state index in [0.29, 0.717) is 11.5 Å². The molecule has 2 N–H and O–H groups in total. The first kappa shape index (κ1) is 27.7. The molecule has 0 radical (unpaired) electrons. The van der Waals surface area contributed by atoms with Gasteiger partial charge in [0.05, 0.1) is 0 Å². The Hall–Kier alpha value is -1.52. The van der Waals surface area contributed by atoms with Gasteiger partial charge in [0.2, 0.25) is 0 Å². The fraction of sp³-hybridized carbons (Fsp3) is 0.190. The molecule has 27 heavy (non-hydrogen) atoms. The molecule has 146 valence electrons. The number of rotatable bonds is 1. The summed E-state index contributed by atoms with van der Waals surface area (Å²) in [5.41, 5.74) is 4.25. The zero-order chi connectivity index (χ0) is 18.8. The van der Waals surface area contributed by atoms with Gasteiger partial charge in [-0.05, 0) is 51.0 Å². The third-order valence-electron chi connectivity index (χ3n) is 3.39. The fourth-order valence-electron chi connectivity index (χ4n) is 1.98. The molecule has 3 rings (SSSR count). The molecule has 0 saturated heterocycles. The van der Waals surface area contributed by atoms with Crippen LogP contribution < -0.4 is 0 Å². The van der Waals surface area contributed by atoms with E-state index in [2.05, 4.69) is 0 Å². The van der Waals surface area contributed by atoms with Crippen LogP contribution in [0.5, 0.6) is 11.5 Å². The molecule has 2 aromatic carbocycles. The minimum atomic E-state index is 0. The maximum atomic E-state index is 9.04. The van der Waals surface area contributed by atoms with Crippen LogP contribution in [0.2, 0.25) is 0 Å². The quantitative estimate of drug-likeness (QED) is 0.463. The first-order valence-corrected chi connectivity index (χ1v) is 8.80. The Kier molecular flexibility index (Phi) is 14.9. The van der Waals surface area contributed by atoms with Crippen LogP contribution in [0.1, 0.15) is 28.0 Å². The van der Waals surface area contributed by atoms with Crippen molar-refractivity contribution >= 4 is 29.1 Å². The number of hydrogen-bond acceptors (Lipinski definition) is 3. The van der Waals surface area contributed by atoms with E-state index < -0.39 is 0 Å². The molecule has 0 spiro atoms. The summed E-state index contributed by atoms with van der Waals surface area (Å²) in [6.45, 7) is 7.80.